The molecule has 2 nitrogen and oxygen atoms in total. The number of hydrogen-bond donors (Lipinski definition) is 1. The Morgan fingerprint density at radius 1 is 1.20 bits per heavy atom. The third-order valence-electron chi connectivity index (χ3n) is 1.84. The first kappa shape index (κ1) is 14.0. The van der Waals surface area contributed by atoms with Crippen molar-refractivity contribution in [2.45, 2.75) is 32.4 Å². The lowest BCUT2D eigenvalue weighted by molar-refractivity contribution is 0.400. The van der Waals surface area contributed by atoms with E-state index in [0.29, 0.717) is 0 Å². The standard InChI is InChI=1S/C12H16N2.ClH/c1-12(2,3)14-11(9-13)10-7-5-4-6-8-10;/h4-8,11,14H,1-3H3;1H. The molecular weight excluding hydrogens is 208 g/mol. The van der Waals surface area contributed by atoms with E-state index in [1.54, 1.807) is 0 Å². The van der Waals surface area contributed by atoms with Gasteiger partial charge in [-0.05, 0) is 26.3 Å². The maximum Gasteiger partial charge on any atom is 0.121 e. The molecule has 0 fully saturated rings. The number of nitrogens with one attached hydrogen (secondary N) is 1. The van der Waals surface area contributed by atoms with Crippen molar-refractivity contribution in [2.75, 3.05) is 0 Å². The zero-order valence-corrected chi connectivity index (χ0v) is 10.1. The molecule has 0 radical (unpaired) electrons. The molecular formula is C12H17ClN2. The van der Waals surface area contributed by atoms with E-state index >= 15 is 0 Å². The van der Waals surface area contributed by atoms with Gasteiger partial charge in [0.25, 0.3) is 0 Å². The van der Waals surface area contributed by atoms with Gasteiger partial charge in [-0.25, -0.2) is 0 Å². The summed E-state index contributed by atoms with van der Waals surface area (Å²) in [5, 5.41) is 12.3. The Morgan fingerprint density at radius 3 is 2.13 bits per heavy atom. The van der Waals surface area contributed by atoms with Gasteiger partial charge in [0.05, 0.1) is 6.07 Å². The number of benzene rings is 1. The van der Waals surface area contributed by atoms with Crippen molar-refractivity contribution in [3.63, 3.8) is 0 Å². The van der Waals surface area contributed by atoms with Crippen LogP contribution in [0.2, 0.25) is 0 Å². The molecule has 3 heteroatoms. The number of halogens is 1. The maximum absolute atomic E-state index is 9.03. The average molecular weight is 225 g/mol. The first-order chi connectivity index (χ1) is 6.53. The van der Waals surface area contributed by atoms with Crippen LogP contribution < -0.4 is 5.32 Å². The summed E-state index contributed by atoms with van der Waals surface area (Å²) in [7, 11) is 0. The molecule has 15 heavy (non-hydrogen) atoms. The second-order valence-electron chi connectivity index (χ2n) is 4.37. The smallest absolute Gasteiger partial charge is 0.121 e. The van der Waals surface area contributed by atoms with E-state index in [0.717, 1.165) is 5.56 Å². The molecule has 1 rings (SSSR count). The summed E-state index contributed by atoms with van der Waals surface area (Å²) in [6.45, 7) is 6.17. The monoisotopic (exact) mass is 224 g/mol. The molecule has 1 aromatic rings. The van der Waals surface area contributed by atoms with E-state index in [1.165, 1.54) is 0 Å². The molecule has 0 aliphatic carbocycles. The first-order valence-electron chi connectivity index (χ1n) is 4.75. The van der Waals surface area contributed by atoms with Crippen molar-refractivity contribution in [1.82, 2.24) is 5.32 Å². The minimum absolute atomic E-state index is 0. The van der Waals surface area contributed by atoms with Crippen LogP contribution in [0.4, 0.5) is 0 Å². The Morgan fingerprint density at radius 2 is 1.73 bits per heavy atom. The van der Waals surface area contributed by atoms with Crippen LogP contribution in [0.5, 0.6) is 0 Å². The van der Waals surface area contributed by atoms with Crippen LogP contribution in [0.1, 0.15) is 32.4 Å². The highest BCUT2D eigenvalue weighted by atomic mass is 35.5. The topological polar surface area (TPSA) is 35.8 Å². The van der Waals surface area contributed by atoms with Gasteiger partial charge in [-0.3, -0.25) is 5.32 Å². The lowest BCUT2D eigenvalue weighted by Crippen LogP contribution is -2.38. The summed E-state index contributed by atoms with van der Waals surface area (Å²) in [6.07, 6.45) is 0. The summed E-state index contributed by atoms with van der Waals surface area (Å²) >= 11 is 0. The van der Waals surface area contributed by atoms with Gasteiger partial charge in [-0.15, -0.1) is 12.4 Å². The van der Waals surface area contributed by atoms with Gasteiger partial charge < -0.3 is 0 Å². The third kappa shape index (κ3) is 4.83. The van der Waals surface area contributed by atoms with Gasteiger partial charge in [0, 0.05) is 5.54 Å². The molecule has 0 aliphatic heterocycles. The Hall–Kier alpha value is -1.04. The van der Waals surface area contributed by atoms with Crippen LogP contribution >= 0.6 is 12.4 Å². The van der Waals surface area contributed by atoms with E-state index < -0.39 is 0 Å². The number of nitriles is 1. The minimum Gasteiger partial charge on any atom is -0.293 e. The van der Waals surface area contributed by atoms with E-state index in [4.69, 9.17) is 5.26 Å². The van der Waals surface area contributed by atoms with Crippen molar-refractivity contribution < 1.29 is 0 Å². The SMILES string of the molecule is CC(C)(C)NC(C#N)c1ccccc1.Cl. The average Bonchev–Trinajstić information content (AvgIpc) is 2.14. The highest BCUT2D eigenvalue weighted by Crippen LogP contribution is 2.15. The lowest BCUT2D eigenvalue weighted by atomic mass is 10.0. The number of hydrogen-bond acceptors (Lipinski definition) is 2. The van der Waals surface area contributed by atoms with Gasteiger partial charge >= 0.3 is 0 Å². The maximum atomic E-state index is 9.03. The van der Waals surface area contributed by atoms with E-state index in [-0.39, 0.29) is 24.0 Å². The molecule has 0 aromatic heterocycles. The second-order valence-corrected chi connectivity index (χ2v) is 4.37. The van der Waals surface area contributed by atoms with Crippen LogP contribution in [0.3, 0.4) is 0 Å². The molecule has 0 heterocycles. The lowest BCUT2D eigenvalue weighted by Gasteiger charge is -2.24. The Labute approximate surface area is 97.7 Å². The predicted octanol–water partition coefficient (Wildman–Crippen LogP) is 3.06. The van der Waals surface area contributed by atoms with Gasteiger partial charge in [0.2, 0.25) is 0 Å². The minimum atomic E-state index is -0.226. The van der Waals surface area contributed by atoms with E-state index in [1.807, 2.05) is 30.3 Å². The van der Waals surface area contributed by atoms with Crippen LogP contribution in [0, 0.1) is 11.3 Å². The fourth-order valence-electron chi connectivity index (χ4n) is 1.27. The molecule has 1 atom stereocenters. The van der Waals surface area contributed by atoms with Crippen molar-refractivity contribution >= 4 is 12.4 Å². The fraction of sp³-hybridized carbons (Fsp3) is 0.417. The highest BCUT2D eigenvalue weighted by molar-refractivity contribution is 5.85. The predicted molar refractivity (Wildman–Crippen MR) is 64.9 cm³/mol. The molecule has 1 unspecified atom stereocenters. The Balaban J connectivity index is 0.00000196. The molecule has 0 aliphatic rings. The first-order valence-corrected chi connectivity index (χ1v) is 4.75. The summed E-state index contributed by atoms with van der Waals surface area (Å²) < 4.78 is 0. The van der Waals surface area contributed by atoms with Crippen LogP contribution in [-0.2, 0) is 0 Å². The van der Waals surface area contributed by atoms with Gasteiger partial charge in [0.1, 0.15) is 6.04 Å². The van der Waals surface area contributed by atoms with Crippen molar-refractivity contribution in [2.24, 2.45) is 0 Å². The van der Waals surface area contributed by atoms with E-state index in [9.17, 15) is 0 Å². The van der Waals surface area contributed by atoms with Crippen molar-refractivity contribution in [3.05, 3.63) is 35.9 Å². The van der Waals surface area contributed by atoms with Gasteiger partial charge in [-0.1, -0.05) is 30.3 Å². The molecule has 0 saturated heterocycles. The van der Waals surface area contributed by atoms with Crippen LogP contribution in [-0.4, -0.2) is 5.54 Å². The summed E-state index contributed by atoms with van der Waals surface area (Å²) in [4.78, 5) is 0. The van der Waals surface area contributed by atoms with Gasteiger partial charge in [-0.2, -0.15) is 5.26 Å². The normalized spacial score (nSPS) is 12.4. The van der Waals surface area contributed by atoms with Crippen LogP contribution in [0.25, 0.3) is 0 Å². The summed E-state index contributed by atoms with van der Waals surface area (Å²) in [6, 6.07) is 11.8. The van der Waals surface area contributed by atoms with Gasteiger partial charge in [0.15, 0.2) is 0 Å². The van der Waals surface area contributed by atoms with Crippen molar-refractivity contribution in [1.29, 1.82) is 5.26 Å². The Kier molecular flexibility index (Phi) is 5.35. The summed E-state index contributed by atoms with van der Waals surface area (Å²) in [5.41, 5.74) is 0.973. The fourth-order valence-corrected chi connectivity index (χ4v) is 1.27. The largest absolute Gasteiger partial charge is 0.293 e. The molecule has 0 amide bonds. The second kappa shape index (κ2) is 5.75. The summed E-state index contributed by atoms with van der Waals surface area (Å²) in [5.74, 6) is 0. The molecule has 1 aromatic carbocycles. The van der Waals surface area contributed by atoms with Crippen LogP contribution in [0.15, 0.2) is 30.3 Å². The quantitative estimate of drug-likeness (QED) is 0.838. The third-order valence-corrected chi connectivity index (χ3v) is 1.84. The molecule has 82 valence electrons. The highest BCUT2D eigenvalue weighted by Gasteiger charge is 2.17. The van der Waals surface area contributed by atoms with E-state index in [2.05, 4.69) is 32.2 Å². The molecule has 1 N–H and O–H groups in total. The molecule has 0 bridgehead atoms. The Bertz CT molecular complexity index is 322. The number of nitrogens with zero attached hydrogens (tertiary/aromatic N) is 1. The molecule has 0 saturated carbocycles. The zero-order chi connectivity index (χ0) is 10.6. The number of rotatable bonds is 2. The zero-order valence-electron chi connectivity index (χ0n) is 9.32. The van der Waals surface area contributed by atoms with Crippen molar-refractivity contribution in [3.8, 4) is 6.07 Å². The molecule has 0 spiro atoms.